The van der Waals surface area contributed by atoms with Gasteiger partial charge in [0.2, 0.25) is 5.91 Å². The number of anilines is 1. The Balaban J connectivity index is 1.57. The molecule has 0 spiro atoms. The van der Waals surface area contributed by atoms with Crippen LogP contribution in [0.4, 0.5) is 5.82 Å². The van der Waals surface area contributed by atoms with Crippen molar-refractivity contribution >= 4 is 34.7 Å². The molecule has 2 aromatic rings. The topological polar surface area (TPSA) is 125 Å². The van der Waals surface area contributed by atoms with Crippen molar-refractivity contribution in [3.63, 3.8) is 0 Å². The minimum absolute atomic E-state index is 0.173. The third kappa shape index (κ3) is 2.91. The molecule has 10 heteroatoms. The van der Waals surface area contributed by atoms with Gasteiger partial charge in [0.15, 0.2) is 11.5 Å². The lowest BCUT2D eigenvalue weighted by Crippen LogP contribution is -2.44. The van der Waals surface area contributed by atoms with Crippen LogP contribution < -0.4 is 10.6 Å². The third-order valence-corrected chi connectivity index (χ3v) is 6.64. The van der Waals surface area contributed by atoms with Gasteiger partial charge in [0, 0.05) is 13.1 Å². The van der Waals surface area contributed by atoms with Crippen LogP contribution in [0.2, 0.25) is 0 Å². The Morgan fingerprint density at radius 2 is 2.00 bits per heavy atom. The second-order valence-corrected chi connectivity index (χ2v) is 7.98. The predicted molar refractivity (Wildman–Crippen MR) is 97.7 cm³/mol. The third-order valence-electron chi connectivity index (χ3n) is 5.07. The number of carbonyl (C=O) groups excluding carboxylic acids is 1. The maximum atomic E-state index is 12.6. The molecule has 4 atom stereocenters. The summed E-state index contributed by atoms with van der Waals surface area (Å²) in [5, 5.41) is 25.7. The molecule has 0 unspecified atom stereocenters. The number of rotatable bonds is 4. The van der Waals surface area contributed by atoms with Gasteiger partial charge < -0.3 is 20.8 Å². The van der Waals surface area contributed by atoms with E-state index in [-0.39, 0.29) is 11.9 Å². The van der Waals surface area contributed by atoms with Crippen molar-refractivity contribution in [3.8, 4) is 0 Å². The highest BCUT2D eigenvalue weighted by atomic mass is 32.2. The highest BCUT2D eigenvalue weighted by Gasteiger charge is 2.47. The summed E-state index contributed by atoms with van der Waals surface area (Å²) in [6.45, 7) is 0. The molecular formula is C16H22N6O3S. The van der Waals surface area contributed by atoms with E-state index < -0.39 is 22.8 Å². The van der Waals surface area contributed by atoms with Gasteiger partial charge >= 0.3 is 0 Å². The summed E-state index contributed by atoms with van der Waals surface area (Å²) in [6, 6.07) is 0.173. The van der Waals surface area contributed by atoms with Crippen molar-refractivity contribution in [2.24, 2.45) is 0 Å². The Labute approximate surface area is 154 Å². The number of hydrogen-bond acceptors (Lipinski definition) is 8. The van der Waals surface area contributed by atoms with E-state index in [1.54, 1.807) is 17.9 Å². The van der Waals surface area contributed by atoms with Crippen LogP contribution in [-0.4, -0.2) is 66.2 Å². The monoisotopic (exact) mass is 378 g/mol. The van der Waals surface area contributed by atoms with Gasteiger partial charge in [0.05, 0.1) is 6.33 Å². The van der Waals surface area contributed by atoms with Crippen LogP contribution in [0.15, 0.2) is 12.7 Å². The first-order valence-electron chi connectivity index (χ1n) is 8.77. The van der Waals surface area contributed by atoms with Gasteiger partial charge in [-0.3, -0.25) is 9.36 Å². The zero-order chi connectivity index (χ0) is 18.3. The van der Waals surface area contributed by atoms with Gasteiger partial charge in [-0.15, -0.1) is 11.8 Å². The summed E-state index contributed by atoms with van der Waals surface area (Å²) in [4.78, 5) is 25.3. The molecular weight excluding hydrogens is 356 g/mol. The Morgan fingerprint density at radius 3 is 2.73 bits per heavy atom. The van der Waals surface area contributed by atoms with Gasteiger partial charge in [-0.2, -0.15) is 0 Å². The van der Waals surface area contributed by atoms with Gasteiger partial charge in [-0.25, -0.2) is 15.0 Å². The number of imidazole rings is 1. The zero-order valence-electron chi connectivity index (χ0n) is 14.4. The summed E-state index contributed by atoms with van der Waals surface area (Å²) in [7, 11) is 1.74. The molecule has 0 bridgehead atoms. The molecule has 2 fully saturated rings. The SMILES string of the molecule is CNc1ncnc2c1ncn2[C@@H]1S[C@H](C(=O)NC2CCCC2)[C@@H](O)[C@H]1O. The summed E-state index contributed by atoms with van der Waals surface area (Å²) in [6.07, 6.45) is 4.92. The van der Waals surface area contributed by atoms with E-state index in [4.69, 9.17) is 0 Å². The first-order valence-corrected chi connectivity index (χ1v) is 9.71. The lowest BCUT2D eigenvalue weighted by Gasteiger charge is -2.18. The standard InChI is InChI=1S/C16H22N6O3S/c1-17-13-9-14(19-6-18-13)22(7-20-9)16-11(24)10(23)12(26-16)15(25)21-8-4-2-3-5-8/h6-8,10-12,16,23-24H,2-5H2,1H3,(H,21,25)(H,17,18,19)/t10-,11+,12-,16+/m0/s1. The minimum Gasteiger partial charge on any atom is -0.389 e. The maximum Gasteiger partial charge on any atom is 0.236 e. The van der Waals surface area contributed by atoms with Crippen LogP contribution in [0.5, 0.6) is 0 Å². The van der Waals surface area contributed by atoms with Crippen LogP contribution in [0.25, 0.3) is 11.2 Å². The van der Waals surface area contributed by atoms with E-state index in [9.17, 15) is 15.0 Å². The smallest absolute Gasteiger partial charge is 0.236 e. The zero-order valence-corrected chi connectivity index (χ0v) is 15.2. The molecule has 9 nitrogen and oxygen atoms in total. The minimum atomic E-state index is -1.14. The quantitative estimate of drug-likeness (QED) is 0.597. The molecule has 0 aromatic carbocycles. The molecule has 4 N–H and O–H groups in total. The van der Waals surface area contributed by atoms with Gasteiger partial charge in [-0.05, 0) is 12.8 Å². The largest absolute Gasteiger partial charge is 0.389 e. The highest BCUT2D eigenvalue weighted by Crippen LogP contribution is 2.43. The van der Waals surface area contributed by atoms with Crippen LogP contribution in [-0.2, 0) is 4.79 Å². The van der Waals surface area contributed by atoms with Gasteiger partial charge in [0.1, 0.15) is 34.7 Å². The highest BCUT2D eigenvalue weighted by molar-refractivity contribution is 8.01. The van der Waals surface area contributed by atoms with E-state index in [1.165, 1.54) is 18.1 Å². The van der Waals surface area contributed by atoms with Crippen LogP contribution in [0.3, 0.4) is 0 Å². The van der Waals surface area contributed by atoms with E-state index in [2.05, 4.69) is 25.6 Å². The average molecular weight is 378 g/mol. The fourth-order valence-electron chi connectivity index (χ4n) is 3.68. The van der Waals surface area contributed by atoms with Crippen LogP contribution >= 0.6 is 11.8 Å². The Bertz CT molecular complexity index is 808. The summed E-state index contributed by atoms with van der Waals surface area (Å²) >= 11 is 1.23. The lowest BCUT2D eigenvalue weighted by molar-refractivity contribution is -0.124. The van der Waals surface area contributed by atoms with E-state index in [0.29, 0.717) is 17.0 Å². The summed E-state index contributed by atoms with van der Waals surface area (Å²) in [5.74, 6) is 0.369. The fourth-order valence-corrected chi connectivity index (χ4v) is 5.10. The normalized spacial score (nSPS) is 29.3. The first kappa shape index (κ1) is 17.5. The average Bonchev–Trinajstić information content (AvgIpc) is 3.36. The molecule has 0 radical (unpaired) electrons. The molecule has 1 amide bonds. The molecule has 1 saturated heterocycles. The van der Waals surface area contributed by atoms with Crippen LogP contribution in [0, 0.1) is 0 Å². The van der Waals surface area contributed by atoms with Crippen molar-refractivity contribution in [2.45, 2.75) is 54.6 Å². The number of hydrogen-bond donors (Lipinski definition) is 4. The maximum absolute atomic E-state index is 12.6. The number of carbonyl (C=O) groups is 1. The number of amides is 1. The van der Waals surface area contributed by atoms with Crippen molar-refractivity contribution in [2.75, 3.05) is 12.4 Å². The second-order valence-electron chi connectivity index (χ2n) is 6.71. The summed E-state index contributed by atoms with van der Waals surface area (Å²) in [5.41, 5.74) is 1.13. The second kappa shape index (κ2) is 7.01. The number of nitrogens with zero attached hydrogens (tertiary/aromatic N) is 4. The Hall–Kier alpha value is -1.91. The molecule has 1 saturated carbocycles. The van der Waals surface area contributed by atoms with Crippen molar-refractivity contribution in [1.82, 2.24) is 24.8 Å². The number of nitrogens with one attached hydrogen (secondary N) is 2. The Kier molecular flexibility index (Phi) is 4.72. The molecule has 26 heavy (non-hydrogen) atoms. The number of aromatic nitrogens is 4. The number of aliphatic hydroxyl groups is 2. The van der Waals surface area contributed by atoms with Gasteiger partial charge in [-0.1, -0.05) is 12.8 Å². The predicted octanol–water partition coefficient (Wildman–Crippen LogP) is 0.263. The summed E-state index contributed by atoms with van der Waals surface area (Å²) < 4.78 is 1.69. The number of aliphatic hydroxyl groups excluding tert-OH is 2. The molecule has 1 aliphatic carbocycles. The molecule has 2 aliphatic rings. The van der Waals surface area contributed by atoms with E-state index >= 15 is 0 Å². The van der Waals surface area contributed by atoms with Crippen molar-refractivity contribution in [1.29, 1.82) is 0 Å². The number of thioether (sulfide) groups is 1. The van der Waals surface area contributed by atoms with Crippen molar-refractivity contribution < 1.29 is 15.0 Å². The molecule has 2 aromatic heterocycles. The van der Waals surface area contributed by atoms with E-state index in [1.807, 2.05) is 0 Å². The Morgan fingerprint density at radius 1 is 1.23 bits per heavy atom. The molecule has 140 valence electrons. The molecule has 4 rings (SSSR count). The number of fused-ring (bicyclic) bond motifs is 1. The molecule has 1 aliphatic heterocycles. The fraction of sp³-hybridized carbons (Fsp3) is 0.625. The first-order chi connectivity index (χ1) is 12.6. The van der Waals surface area contributed by atoms with E-state index in [0.717, 1.165) is 25.7 Å². The molecule has 3 heterocycles. The van der Waals surface area contributed by atoms with Gasteiger partial charge in [0.25, 0.3) is 0 Å². The van der Waals surface area contributed by atoms with Crippen molar-refractivity contribution in [3.05, 3.63) is 12.7 Å². The van der Waals surface area contributed by atoms with Crippen LogP contribution in [0.1, 0.15) is 31.1 Å². The lowest BCUT2D eigenvalue weighted by atomic mass is 10.1.